The Morgan fingerprint density at radius 1 is 1.56 bits per heavy atom. The Balaban J connectivity index is 2.08. The topological polar surface area (TPSA) is 104 Å². The summed E-state index contributed by atoms with van der Waals surface area (Å²) in [6.45, 7) is 2.19. The predicted molar refractivity (Wildman–Crippen MR) is 58.8 cm³/mol. The van der Waals surface area contributed by atoms with Gasteiger partial charge in [-0.2, -0.15) is 0 Å². The lowest BCUT2D eigenvalue weighted by Crippen LogP contribution is -2.35. The van der Waals surface area contributed by atoms with E-state index in [1.807, 2.05) is 0 Å². The number of carbonyl (C=O) groups excluding carboxylic acids is 1. The second-order valence-electron chi connectivity index (χ2n) is 4.15. The highest BCUT2D eigenvalue weighted by Gasteiger charge is 2.18. The summed E-state index contributed by atoms with van der Waals surface area (Å²) in [6, 6.07) is -0.895. The molecule has 92 valence electrons. The smallest absolute Gasteiger partial charge is 0.320 e. The van der Waals surface area contributed by atoms with Crippen LogP contribution in [0.3, 0.4) is 0 Å². The quantitative estimate of drug-likeness (QED) is 0.463. The van der Waals surface area contributed by atoms with Gasteiger partial charge in [-0.3, -0.25) is 9.59 Å². The largest absolute Gasteiger partial charge is 0.480 e. The third kappa shape index (κ3) is 4.59. The summed E-state index contributed by atoms with van der Waals surface area (Å²) < 4.78 is 0. The number of hydrogen-bond acceptors (Lipinski definition) is 4. The second kappa shape index (κ2) is 6.44. The molecule has 1 rings (SSSR count). The number of rotatable bonds is 6. The molecule has 0 spiro atoms. The number of carboxylic acid groups (broad SMARTS) is 1. The Labute approximate surface area is 94.6 Å². The highest BCUT2D eigenvalue weighted by molar-refractivity contribution is 5.76. The Morgan fingerprint density at radius 3 is 2.88 bits per heavy atom. The van der Waals surface area contributed by atoms with Gasteiger partial charge in [-0.15, -0.1) is 0 Å². The Bertz CT molecular complexity index is 252. The number of aliphatic carboxylic acids is 1. The first-order chi connectivity index (χ1) is 7.59. The fourth-order valence-electron chi connectivity index (χ4n) is 1.71. The summed E-state index contributed by atoms with van der Waals surface area (Å²) in [5.74, 6) is -0.645. The molecule has 6 heteroatoms. The summed E-state index contributed by atoms with van der Waals surface area (Å²) in [5.41, 5.74) is 5.31. The number of nitrogens with two attached hydrogens (primary N) is 1. The molecule has 0 aliphatic carbocycles. The average Bonchev–Trinajstić information content (AvgIpc) is 2.70. The van der Waals surface area contributed by atoms with Crippen LogP contribution in [0.2, 0.25) is 0 Å². The molecule has 0 bridgehead atoms. The summed E-state index contributed by atoms with van der Waals surface area (Å²) >= 11 is 0. The van der Waals surface area contributed by atoms with Crippen LogP contribution in [0.15, 0.2) is 0 Å². The van der Waals surface area contributed by atoms with Crippen LogP contribution in [-0.4, -0.2) is 42.7 Å². The van der Waals surface area contributed by atoms with Crippen LogP contribution in [0.5, 0.6) is 0 Å². The van der Waals surface area contributed by atoms with Gasteiger partial charge in [0.15, 0.2) is 0 Å². The monoisotopic (exact) mass is 229 g/mol. The summed E-state index contributed by atoms with van der Waals surface area (Å²) in [4.78, 5) is 21.8. The highest BCUT2D eigenvalue weighted by atomic mass is 16.4. The summed E-state index contributed by atoms with van der Waals surface area (Å²) in [5, 5.41) is 14.4. The molecular formula is C10H19N3O3. The van der Waals surface area contributed by atoms with E-state index in [-0.39, 0.29) is 12.3 Å². The lowest BCUT2D eigenvalue weighted by Gasteiger charge is -2.10. The molecule has 1 heterocycles. The van der Waals surface area contributed by atoms with Crippen LogP contribution in [-0.2, 0) is 9.59 Å². The van der Waals surface area contributed by atoms with Gasteiger partial charge in [0.2, 0.25) is 5.91 Å². The average molecular weight is 229 g/mol. The molecule has 16 heavy (non-hydrogen) atoms. The fraction of sp³-hybridized carbons (Fsp3) is 0.800. The molecule has 6 nitrogen and oxygen atoms in total. The number of amides is 1. The summed E-state index contributed by atoms with van der Waals surface area (Å²) in [7, 11) is 0. The van der Waals surface area contributed by atoms with E-state index in [0.717, 1.165) is 19.5 Å². The molecule has 0 aromatic carbocycles. The van der Waals surface area contributed by atoms with Gasteiger partial charge in [0, 0.05) is 13.0 Å². The van der Waals surface area contributed by atoms with Gasteiger partial charge in [-0.05, 0) is 31.8 Å². The molecule has 0 radical (unpaired) electrons. The van der Waals surface area contributed by atoms with Gasteiger partial charge in [-0.1, -0.05) is 0 Å². The normalized spacial score (nSPS) is 21.7. The van der Waals surface area contributed by atoms with E-state index in [2.05, 4.69) is 10.6 Å². The first-order valence-electron chi connectivity index (χ1n) is 5.55. The Hall–Kier alpha value is -1.14. The van der Waals surface area contributed by atoms with E-state index >= 15 is 0 Å². The minimum atomic E-state index is -1.03. The zero-order valence-corrected chi connectivity index (χ0v) is 9.24. The van der Waals surface area contributed by atoms with Crippen LogP contribution in [0.1, 0.15) is 19.3 Å². The number of nitrogens with one attached hydrogen (secondary N) is 2. The van der Waals surface area contributed by atoms with E-state index in [1.54, 1.807) is 0 Å². The molecule has 0 aromatic heterocycles. The first-order valence-corrected chi connectivity index (χ1v) is 5.55. The van der Waals surface area contributed by atoms with Crippen molar-refractivity contribution in [2.24, 2.45) is 11.7 Å². The molecule has 1 aliphatic rings. The van der Waals surface area contributed by atoms with Crippen LogP contribution >= 0.6 is 0 Å². The molecule has 2 unspecified atom stereocenters. The first kappa shape index (κ1) is 12.9. The summed E-state index contributed by atoms with van der Waals surface area (Å²) in [6.07, 6.45) is 1.81. The van der Waals surface area contributed by atoms with Crippen LogP contribution in [0.25, 0.3) is 0 Å². The minimum Gasteiger partial charge on any atom is -0.480 e. The van der Waals surface area contributed by atoms with Gasteiger partial charge in [-0.25, -0.2) is 0 Å². The molecule has 1 aliphatic heterocycles. The van der Waals surface area contributed by atoms with Crippen LogP contribution in [0.4, 0.5) is 0 Å². The third-order valence-corrected chi connectivity index (χ3v) is 2.73. The van der Waals surface area contributed by atoms with E-state index in [4.69, 9.17) is 10.8 Å². The zero-order chi connectivity index (χ0) is 12.0. The Kier molecular flexibility index (Phi) is 5.21. The molecule has 1 saturated heterocycles. The molecule has 1 fully saturated rings. The van der Waals surface area contributed by atoms with Gasteiger partial charge in [0.05, 0.1) is 0 Å². The van der Waals surface area contributed by atoms with Gasteiger partial charge in [0.25, 0.3) is 0 Å². The highest BCUT2D eigenvalue weighted by Crippen LogP contribution is 2.11. The van der Waals surface area contributed by atoms with Crippen molar-refractivity contribution in [3.8, 4) is 0 Å². The number of hydrogen-bond donors (Lipinski definition) is 4. The Morgan fingerprint density at radius 2 is 2.31 bits per heavy atom. The molecule has 2 atom stereocenters. The maximum atomic E-state index is 11.4. The SMILES string of the molecule is NC(CCNC(=O)CC1CCNC1)C(=O)O. The molecular weight excluding hydrogens is 210 g/mol. The zero-order valence-electron chi connectivity index (χ0n) is 9.24. The molecule has 1 amide bonds. The molecule has 5 N–H and O–H groups in total. The lowest BCUT2D eigenvalue weighted by atomic mass is 10.0. The molecule has 0 saturated carbocycles. The van der Waals surface area contributed by atoms with Crippen molar-refractivity contribution < 1.29 is 14.7 Å². The van der Waals surface area contributed by atoms with Crippen molar-refractivity contribution in [1.29, 1.82) is 0 Å². The fourth-order valence-corrected chi connectivity index (χ4v) is 1.71. The minimum absolute atomic E-state index is 0.0220. The van der Waals surface area contributed by atoms with Crippen molar-refractivity contribution in [1.82, 2.24) is 10.6 Å². The lowest BCUT2D eigenvalue weighted by molar-refractivity contribution is -0.138. The van der Waals surface area contributed by atoms with E-state index in [9.17, 15) is 9.59 Å². The maximum Gasteiger partial charge on any atom is 0.320 e. The molecule has 0 aromatic rings. The number of carboxylic acids is 1. The van der Waals surface area contributed by atoms with Gasteiger partial charge in [0.1, 0.15) is 6.04 Å². The van der Waals surface area contributed by atoms with E-state index in [1.165, 1.54) is 0 Å². The van der Waals surface area contributed by atoms with Crippen molar-refractivity contribution in [3.05, 3.63) is 0 Å². The van der Waals surface area contributed by atoms with Crippen molar-refractivity contribution in [3.63, 3.8) is 0 Å². The second-order valence-corrected chi connectivity index (χ2v) is 4.15. The van der Waals surface area contributed by atoms with E-state index in [0.29, 0.717) is 18.9 Å². The third-order valence-electron chi connectivity index (χ3n) is 2.73. The van der Waals surface area contributed by atoms with Crippen LogP contribution in [0, 0.1) is 5.92 Å². The predicted octanol–water partition coefficient (Wildman–Crippen LogP) is -1.10. The van der Waals surface area contributed by atoms with E-state index < -0.39 is 12.0 Å². The standard InChI is InChI=1S/C10H19N3O3/c11-8(10(15)16)2-4-13-9(14)5-7-1-3-12-6-7/h7-8,12H,1-6,11H2,(H,13,14)(H,15,16). The van der Waals surface area contributed by atoms with Gasteiger partial charge >= 0.3 is 5.97 Å². The van der Waals surface area contributed by atoms with Crippen molar-refractivity contribution in [2.45, 2.75) is 25.3 Å². The number of carbonyl (C=O) groups is 2. The maximum absolute atomic E-state index is 11.4. The van der Waals surface area contributed by atoms with Crippen molar-refractivity contribution >= 4 is 11.9 Å². The van der Waals surface area contributed by atoms with Gasteiger partial charge < -0.3 is 21.5 Å². The van der Waals surface area contributed by atoms with Crippen molar-refractivity contribution in [2.75, 3.05) is 19.6 Å². The van der Waals surface area contributed by atoms with Crippen LogP contribution < -0.4 is 16.4 Å².